The molecular weight excluding hydrogens is 296 g/mol. The van der Waals surface area contributed by atoms with Crippen molar-refractivity contribution in [2.45, 2.75) is 6.92 Å². The number of rotatable bonds is 5. The van der Waals surface area contributed by atoms with E-state index in [-0.39, 0.29) is 5.78 Å². The van der Waals surface area contributed by atoms with E-state index in [4.69, 9.17) is 16.3 Å². The molecule has 0 amide bonds. The number of hydrogen-bond acceptors (Lipinski definition) is 2. The fourth-order valence-corrected chi connectivity index (χ4v) is 2.02. The SMILES string of the molecule is COc1ccc(/C=C(\C)C(=O)/C=C/c2ccc(Cl)cc2)cc1. The van der Waals surface area contributed by atoms with Gasteiger partial charge in [-0.25, -0.2) is 0 Å². The molecule has 0 aromatic heterocycles. The second-order valence-corrected chi connectivity index (χ2v) is 5.29. The van der Waals surface area contributed by atoms with Crippen LogP contribution in [0.15, 0.2) is 60.2 Å². The minimum atomic E-state index is -0.0224. The maximum absolute atomic E-state index is 12.1. The van der Waals surface area contributed by atoms with Crippen molar-refractivity contribution in [3.8, 4) is 5.75 Å². The first-order valence-corrected chi connectivity index (χ1v) is 7.26. The van der Waals surface area contributed by atoms with Crippen molar-refractivity contribution < 1.29 is 9.53 Å². The van der Waals surface area contributed by atoms with Gasteiger partial charge in [-0.1, -0.05) is 41.9 Å². The predicted molar refractivity (Wildman–Crippen MR) is 92.1 cm³/mol. The fraction of sp³-hybridized carbons (Fsp3) is 0.105. The summed E-state index contributed by atoms with van der Waals surface area (Å²) in [6.07, 6.45) is 5.20. The standard InChI is InChI=1S/C19H17ClO2/c1-14(13-16-5-10-18(22-2)11-6-16)19(21)12-7-15-3-8-17(20)9-4-15/h3-13H,1-2H3/b12-7+,14-13+. The van der Waals surface area contributed by atoms with Gasteiger partial charge in [0.25, 0.3) is 0 Å². The van der Waals surface area contributed by atoms with E-state index in [9.17, 15) is 4.79 Å². The van der Waals surface area contributed by atoms with Crippen molar-refractivity contribution >= 4 is 29.5 Å². The Hall–Kier alpha value is -2.32. The molecule has 0 N–H and O–H groups in total. The summed E-state index contributed by atoms with van der Waals surface area (Å²) in [6.45, 7) is 1.80. The van der Waals surface area contributed by atoms with Gasteiger partial charge in [-0.3, -0.25) is 4.79 Å². The maximum atomic E-state index is 12.1. The Kier molecular flexibility index (Phi) is 5.56. The molecule has 0 saturated heterocycles. The molecule has 0 aliphatic rings. The fourth-order valence-electron chi connectivity index (χ4n) is 1.90. The molecule has 2 rings (SSSR count). The van der Waals surface area contributed by atoms with E-state index in [0.717, 1.165) is 16.9 Å². The van der Waals surface area contributed by atoms with Crippen LogP contribution in [-0.4, -0.2) is 12.9 Å². The van der Waals surface area contributed by atoms with Gasteiger partial charge in [-0.2, -0.15) is 0 Å². The molecule has 0 radical (unpaired) electrons. The van der Waals surface area contributed by atoms with Crippen molar-refractivity contribution in [1.82, 2.24) is 0 Å². The lowest BCUT2D eigenvalue weighted by Gasteiger charge is -2.01. The van der Waals surface area contributed by atoms with Crippen LogP contribution in [0.4, 0.5) is 0 Å². The van der Waals surface area contributed by atoms with Crippen LogP contribution < -0.4 is 4.74 Å². The Balaban J connectivity index is 2.07. The third-order valence-electron chi connectivity index (χ3n) is 3.18. The molecule has 3 heteroatoms. The van der Waals surface area contributed by atoms with E-state index in [2.05, 4.69) is 0 Å². The van der Waals surface area contributed by atoms with Crippen LogP contribution in [0, 0.1) is 0 Å². The van der Waals surface area contributed by atoms with Crippen LogP contribution in [0.1, 0.15) is 18.1 Å². The minimum Gasteiger partial charge on any atom is -0.497 e. The third kappa shape index (κ3) is 4.61. The Morgan fingerprint density at radius 3 is 2.18 bits per heavy atom. The normalized spacial score (nSPS) is 11.7. The third-order valence-corrected chi connectivity index (χ3v) is 3.44. The summed E-state index contributed by atoms with van der Waals surface area (Å²) in [7, 11) is 1.63. The number of ether oxygens (including phenoxy) is 1. The highest BCUT2D eigenvalue weighted by Gasteiger charge is 2.00. The molecule has 0 bridgehead atoms. The van der Waals surface area contributed by atoms with Crippen LogP contribution in [-0.2, 0) is 4.79 Å². The average Bonchev–Trinajstić information content (AvgIpc) is 2.54. The van der Waals surface area contributed by atoms with Crippen molar-refractivity contribution in [3.63, 3.8) is 0 Å². The largest absolute Gasteiger partial charge is 0.497 e. The smallest absolute Gasteiger partial charge is 0.181 e. The molecular formula is C19H17ClO2. The molecule has 112 valence electrons. The minimum absolute atomic E-state index is 0.0224. The highest BCUT2D eigenvalue weighted by atomic mass is 35.5. The number of ketones is 1. The highest BCUT2D eigenvalue weighted by molar-refractivity contribution is 6.30. The Morgan fingerprint density at radius 2 is 1.59 bits per heavy atom. The van der Waals surface area contributed by atoms with Gasteiger partial charge in [-0.15, -0.1) is 0 Å². The van der Waals surface area contributed by atoms with Gasteiger partial charge in [0.2, 0.25) is 0 Å². The van der Waals surface area contributed by atoms with Gasteiger partial charge in [-0.05, 0) is 60.0 Å². The molecule has 2 nitrogen and oxygen atoms in total. The van der Waals surface area contributed by atoms with E-state index < -0.39 is 0 Å². The first-order valence-electron chi connectivity index (χ1n) is 6.89. The van der Waals surface area contributed by atoms with Gasteiger partial charge in [0.1, 0.15) is 5.75 Å². The quantitative estimate of drug-likeness (QED) is 0.723. The lowest BCUT2D eigenvalue weighted by atomic mass is 10.1. The number of carbonyl (C=O) groups excluding carboxylic acids is 1. The van der Waals surface area contributed by atoms with E-state index in [1.165, 1.54) is 0 Å². The van der Waals surface area contributed by atoms with Crippen LogP contribution >= 0.6 is 11.6 Å². The predicted octanol–water partition coefficient (Wildman–Crippen LogP) is 5.03. The van der Waals surface area contributed by atoms with Gasteiger partial charge in [0, 0.05) is 5.02 Å². The van der Waals surface area contributed by atoms with Crippen molar-refractivity contribution in [1.29, 1.82) is 0 Å². The Bertz CT molecular complexity index is 695. The second kappa shape index (κ2) is 7.62. The molecule has 0 atom stereocenters. The van der Waals surface area contributed by atoms with E-state index in [0.29, 0.717) is 10.6 Å². The molecule has 0 aliphatic carbocycles. The molecule has 0 aliphatic heterocycles. The van der Waals surface area contributed by atoms with Crippen LogP contribution in [0.5, 0.6) is 5.75 Å². The van der Waals surface area contributed by atoms with Crippen LogP contribution in [0.3, 0.4) is 0 Å². The monoisotopic (exact) mass is 312 g/mol. The summed E-state index contributed by atoms with van der Waals surface area (Å²) < 4.78 is 5.11. The Morgan fingerprint density at radius 1 is 1.00 bits per heavy atom. The molecule has 22 heavy (non-hydrogen) atoms. The van der Waals surface area contributed by atoms with E-state index >= 15 is 0 Å². The summed E-state index contributed by atoms with van der Waals surface area (Å²) >= 11 is 5.83. The first kappa shape index (κ1) is 16.1. The van der Waals surface area contributed by atoms with Crippen molar-refractivity contribution in [2.24, 2.45) is 0 Å². The van der Waals surface area contributed by atoms with Gasteiger partial charge in [0.15, 0.2) is 5.78 Å². The average molecular weight is 313 g/mol. The zero-order valence-corrected chi connectivity index (χ0v) is 13.3. The summed E-state index contributed by atoms with van der Waals surface area (Å²) in [4.78, 5) is 12.1. The lowest BCUT2D eigenvalue weighted by Crippen LogP contribution is -1.94. The molecule has 0 saturated carbocycles. The zero-order chi connectivity index (χ0) is 15.9. The lowest BCUT2D eigenvalue weighted by molar-refractivity contribution is -0.111. The topological polar surface area (TPSA) is 26.3 Å². The summed E-state index contributed by atoms with van der Waals surface area (Å²) in [6, 6.07) is 14.9. The van der Waals surface area contributed by atoms with E-state index in [1.807, 2.05) is 42.5 Å². The van der Waals surface area contributed by atoms with Crippen LogP contribution in [0.25, 0.3) is 12.2 Å². The molecule has 0 unspecified atom stereocenters. The van der Waals surface area contributed by atoms with Gasteiger partial charge >= 0.3 is 0 Å². The van der Waals surface area contributed by atoms with Crippen LogP contribution in [0.2, 0.25) is 5.02 Å². The van der Waals surface area contributed by atoms with Crippen molar-refractivity contribution in [2.75, 3.05) is 7.11 Å². The maximum Gasteiger partial charge on any atom is 0.181 e. The number of halogens is 1. The number of methoxy groups -OCH3 is 1. The second-order valence-electron chi connectivity index (χ2n) is 4.85. The van der Waals surface area contributed by atoms with Gasteiger partial charge in [0.05, 0.1) is 7.11 Å². The summed E-state index contributed by atoms with van der Waals surface area (Å²) in [5.74, 6) is 0.773. The van der Waals surface area contributed by atoms with Crippen molar-refractivity contribution in [3.05, 3.63) is 76.3 Å². The molecule has 0 heterocycles. The number of benzene rings is 2. The number of allylic oxidation sites excluding steroid dienone is 2. The first-order chi connectivity index (χ1) is 10.6. The number of hydrogen-bond donors (Lipinski definition) is 0. The zero-order valence-electron chi connectivity index (χ0n) is 12.5. The molecule has 0 spiro atoms. The molecule has 2 aromatic rings. The number of carbonyl (C=O) groups is 1. The van der Waals surface area contributed by atoms with E-state index in [1.54, 1.807) is 38.3 Å². The highest BCUT2D eigenvalue weighted by Crippen LogP contribution is 2.15. The van der Waals surface area contributed by atoms with Gasteiger partial charge < -0.3 is 4.74 Å². The Labute approximate surface area is 135 Å². The summed E-state index contributed by atoms with van der Waals surface area (Å²) in [5, 5.41) is 0.680. The molecule has 2 aromatic carbocycles. The summed E-state index contributed by atoms with van der Waals surface area (Å²) in [5.41, 5.74) is 2.58. The molecule has 0 fully saturated rings.